The van der Waals surface area contributed by atoms with Crippen molar-refractivity contribution in [2.24, 2.45) is 5.73 Å². The third-order valence-electron chi connectivity index (χ3n) is 4.15. The number of nitrogens with two attached hydrogens (primary N) is 1. The SMILES string of the molecule is CCc1noc(CC)c1CC(=O)N1CCCCC1CN.Cl. The molecule has 0 aromatic carbocycles. The maximum Gasteiger partial charge on any atom is 0.227 e. The third kappa shape index (κ3) is 3.98. The number of hydrogen-bond donors (Lipinski definition) is 1. The number of piperidine rings is 1. The summed E-state index contributed by atoms with van der Waals surface area (Å²) >= 11 is 0. The number of aromatic nitrogens is 1. The first-order chi connectivity index (χ1) is 9.71. The zero-order chi connectivity index (χ0) is 14.5. The number of carbonyl (C=O) groups excluding carboxylic acids is 1. The van der Waals surface area contributed by atoms with Crippen molar-refractivity contribution in [2.75, 3.05) is 13.1 Å². The molecule has 0 spiro atoms. The van der Waals surface area contributed by atoms with E-state index < -0.39 is 0 Å². The molecule has 0 bridgehead atoms. The number of halogens is 1. The van der Waals surface area contributed by atoms with Gasteiger partial charge in [-0.1, -0.05) is 19.0 Å². The molecule has 2 N–H and O–H groups in total. The first kappa shape index (κ1) is 18.0. The van der Waals surface area contributed by atoms with Gasteiger partial charge >= 0.3 is 0 Å². The van der Waals surface area contributed by atoms with E-state index in [9.17, 15) is 4.79 Å². The Morgan fingerprint density at radius 2 is 2.14 bits per heavy atom. The quantitative estimate of drug-likeness (QED) is 0.903. The van der Waals surface area contributed by atoms with Gasteiger partial charge in [0.05, 0.1) is 12.1 Å². The highest BCUT2D eigenvalue weighted by Crippen LogP contribution is 2.21. The van der Waals surface area contributed by atoms with Gasteiger partial charge in [0, 0.05) is 31.1 Å². The second-order valence-corrected chi connectivity index (χ2v) is 5.39. The Morgan fingerprint density at radius 3 is 2.76 bits per heavy atom. The molecule has 1 amide bonds. The molecule has 2 rings (SSSR count). The van der Waals surface area contributed by atoms with Crippen LogP contribution in [-0.4, -0.2) is 35.1 Å². The van der Waals surface area contributed by atoms with Gasteiger partial charge in [-0.3, -0.25) is 4.79 Å². The minimum absolute atomic E-state index is 0. The van der Waals surface area contributed by atoms with Gasteiger partial charge < -0.3 is 15.2 Å². The van der Waals surface area contributed by atoms with Crippen molar-refractivity contribution in [3.8, 4) is 0 Å². The molecule has 1 atom stereocenters. The Kier molecular flexibility index (Phi) is 7.18. The molecule has 1 saturated heterocycles. The summed E-state index contributed by atoms with van der Waals surface area (Å²) in [7, 11) is 0. The standard InChI is InChI=1S/C15H25N3O2.ClH/c1-3-13-12(14(4-2)20-17-13)9-15(19)18-8-6-5-7-11(18)10-16;/h11H,3-10,16H2,1-2H3;1H. The average molecular weight is 316 g/mol. The molecule has 1 aliphatic rings. The van der Waals surface area contributed by atoms with Crippen LogP contribution in [-0.2, 0) is 24.1 Å². The van der Waals surface area contributed by atoms with E-state index in [4.69, 9.17) is 10.3 Å². The molecule has 21 heavy (non-hydrogen) atoms. The summed E-state index contributed by atoms with van der Waals surface area (Å²) in [6.07, 6.45) is 5.23. The summed E-state index contributed by atoms with van der Waals surface area (Å²) in [6.45, 7) is 5.44. The van der Waals surface area contributed by atoms with Crippen LogP contribution in [0.4, 0.5) is 0 Å². The molecule has 5 nitrogen and oxygen atoms in total. The van der Waals surface area contributed by atoms with Crippen LogP contribution in [0, 0.1) is 0 Å². The molecule has 0 saturated carbocycles. The van der Waals surface area contributed by atoms with Crippen molar-refractivity contribution >= 4 is 18.3 Å². The second-order valence-electron chi connectivity index (χ2n) is 5.39. The van der Waals surface area contributed by atoms with Crippen molar-refractivity contribution < 1.29 is 9.32 Å². The predicted octanol–water partition coefficient (Wildman–Crippen LogP) is 2.10. The van der Waals surface area contributed by atoms with Crippen molar-refractivity contribution in [2.45, 2.75) is 58.4 Å². The summed E-state index contributed by atoms with van der Waals surface area (Å²) < 4.78 is 5.33. The molecule has 6 heteroatoms. The molecule has 0 aliphatic carbocycles. The van der Waals surface area contributed by atoms with Crippen LogP contribution in [0.15, 0.2) is 4.52 Å². The average Bonchev–Trinajstić information content (AvgIpc) is 2.88. The van der Waals surface area contributed by atoms with Crippen LogP contribution in [0.5, 0.6) is 0 Å². The van der Waals surface area contributed by atoms with E-state index in [0.717, 1.165) is 49.2 Å². The molecule has 0 radical (unpaired) electrons. The van der Waals surface area contributed by atoms with E-state index in [-0.39, 0.29) is 24.4 Å². The largest absolute Gasteiger partial charge is 0.361 e. The fraction of sp³-hybridized carbons (Fsp3) is 0.733. The number of aryl methyl sites for hydroxylation is 2. The number of amides is 1. The topological polar surface area (TPSA) is 72.4 Å². The molecule has 1 aromatic rings. The van der Waals surface area contributed by atoms with E-state index in [2.05, 4.69) is 5.16 Å². The summed E-state index contributed by atoms with van der Waals surface area (Å²) in [4.78, 5) is 14.5. The number of likely N-dealkylation sites (tertiary alicyclic amines) is 1. The van der Waals surface area contributed by atoms with Crippen LogP contribution in [0.3, 0.4) is 0 Å². The molecule has 1 unspecified atom stereocenters. The minimum Gasteiger partial charge on any atom is -0.361 e. The predicted molar refractivity (Wildman–Crippen MR) is 84.6 cm³/mol. The van der Waals surface area contributed by atoms with E-state index in [0.29, 0.717) is 13.0 Å². The van der Waals surface area contributed by atoms with Crippen molar-refractivity contribution in [1.29, 1.82) is 0 Å². The summed E-state index contributed by atoms with van der Waals surface area (Å²) in [5.74, 6) is 1.00. The van der Waals surface area contributed by atoms with Gasteiger partial charge in [-0.05, 0) is 25.7 Å². The molecule has 2 heterocycles. The van der Waals surface area contributed by atoms with Crippen LogP contribution >= 0.6 is 12.4 Å². The Labute approximate surface area is 132 Å². The van der Waals surface area contributed by atoms with Crippen LogP contribution in [0.25, 0.3) is 0 Å². The van der Waals surface area contributed by atoms with Crippen molar-refractivity contribution in [3.63, 3.8) is 0 Å². The van der Waals surface area contributed by atoms with E-state index in [1.807, 2.05) is 18.7 Å². The zero-order valence-corrected chi connectivity index (χ0v) is 13.7. The van der Waals surface area contributed by atoms with E-state index >= 15 is 0 Å². The van der Waals surface area contributed by atoms with Gasteiger partial charge in [-0.25, -0.2) is 0 Å². The fourth-order valence-electron chi connectivity index (χ4n) is 2.96. The highest BCUT2D eigenvalue weighted by Gasteiger charge is 2.27. The number of nitrogens with zero attached hydrogens (tertiary/aromatic N) is 2. The Morgan fingerprint density at radius 1 is 1.38 bits per heavy atom. The Hall–Kier alpha value is -1.07. The summed E-state index contributed by atoms with van der Waals surface area (Å²) in [5, 5.41) is 4.07. The highest BCUT2D eigenvalue weighted by atomic mass is 35.5. The Bertz CT molecular complexity index is 440. The maximum atomic E-state index is 12.6. The number of rotatable bonds is 5. The number of carbonyl (C=O) groups is 1. The fourth-order valence-corrected chi connectivity index (χ4v) is 2.96. The van der Waals surface area contributed by atoms with Crippen LogP contribution in [0.2, 0.25) is 0 Å². The number of hydrogen-bond acceptors (Lipinski definition) is 4. The lowest BCUT2D eigenvalue weighted by Crippen LogP contribution is -2.48. The van der Waals surface area contributed by atoms with Crippen LogP contribution in [0.1, 0.15) is 50.1 Å². The van der Waals surface area contributed by atoms with Gasteiger partial charge in [0.2, 0.25) is 5.91 Å². The molecule has 1 aromatic heterocycles. The zero-order valence-electron chi connectivity index (χ0n) is 12.9. The lowest BCUT2D eigenvalue weighted by atomic mass is 10.00. The van der Waals surface area contributed by atoms with Gasteiger partial charge in [0.15, 0.2) is 0 Å². The third-order valence-corrected chi connectivity index (χ3v) is 4.15. The molecule has 120 valence electrons. The first-order valence-electron chi connectivity index (χ1n) is 7.67. The van der Waals surface area contributed by atoms with E-state index in [1.54, 1.807) is 0 Å². The van der Waals surface area contributed by atoms with E-state index in [1.165, 1.54) is 6.42 Å². The van der Waals surface area contributed by atoms with Gasteiger partial charge in [0.25, 0.3) is 0 Å². The molecular formula is C15H26ClN3O2. The second kappa shape index (κ2) is 8.39. The van der Waals surface area contributed by atoms with Gasteiger partial charge in [0.1, 0.15) is 5.76 Å². The first-order valence-corrected chi connectivity index (χ1v) is 7.67. The van der Waals surface area contributed by atoms with Crippen molar-refractivity contribution in [3.05, 3.63) is 17.0 Å². The van der Waals surface area contributed by atoms with Crippen LogP contribution < -0.4 is 5.73 Å². The smallest absolute Gasteiger partial charge is 0.227 e. The monoisotopic (exact) mass is 315 g/mol. The summed E-state index contributed by atoms with van der Waals surface area (Å²) in [6, 6.07) is 0.200. The summed E-state index contributed by atoms with van der Waals surface area (Å²) in [5.41, 5.74) is 7.69. The Balaban J connectivity index is 0.00000220. The lowest BCUT2D eigenvalue weighted by Gasteiger charge is -2.35. The lowest BCUT2D eigenvalue weighted by molar-refractivity contribution is -0.133. The van der Waals surface area contributed by atoms with Gasteiger partial charge in [-0.2, -0.15) is 0 Å². The molecule has 1 aliphatic heterocycles. The molecular weight excluding hydrogens is 290 g/mol. The van der Waals surface area contributed by atoms with Crippen molar-refractivity contribution in [1.82, 2.24) is 10.1 Å². The highest BCUT2D eigenvalue weighted by molar-refractivity contribution is 5.85. The maximum absolute atomic E-state index is 12.6. The normalized spacial score (nSPS) is 18.4. The molecule has 1 fully saturated rings. The minimum atomic E-state index is 0. The van der Waals surface area contributed by atoms with Gasteiger partial charge in [-0.15, -0.1) is 12.4 Å².